The van der Waals surface area contributed by atoms with Gasteiger partial charge in [-0.2, -0.15) is 5.10 Å². The fourth-order valence-electron chi connectivity index (χ4n) is 3.67. The molecule has 1 aliphatic rings. The van der Waals surface area contributed by atoms with E-state index < -0.39 is 0 Å². The lowest BCUT2D eigenvalue weighted by atomic mass is 9.84. The van der Waals surface area contributed by atoms with Gasteiger partial charge in [0.25, 0.3) is 0 Å². The highest BCUT2D eigenvalue weighted by Crippen LogP contribution is 2.48. The Morgan fingerprint density at radius 2 is 1.95 bits per heavy atom. The third-order valence-corrected chi connectivity index (χ3v) is 4.76. The molecule has 2 rings (SSSR count). The first-order valence-corrected chi connectivity index (χ1v) is 8.00. The molecule has 4 atom stereocenters. The van der Waals surface area contributed by atoms with Gasteiger partial charge in [0.15, 0.2) is 0 Å². The molecule has 0 radical (unpaired) electrons. The molecule has 0 N–H and O–H groups in total. The highest BCUT2D eigenvalue weighted by Gasteiger charge is 2.38. The van der Waals surface area contributed by atoms with Crippen LogP contribution >= 0.6 is 0 Å². The standard InChI is InChI=1S/C17H30N2/c1-6-16(17-7-8-19(5)18-17)13(4)10-15-11-14(15)9-12(2)3/h7-8,12-16H,6,9-11H2,1-5H3/t13?,14?,15?,16-/m0/s1. The Bertz CT molecular complexity index is 394. The van der Waals surface area contributed by atoms with E-state index in [0.29, 0.717) is 5.92 Å². The minimum Gasteiger partial charge on any atom is -0.276 e. The highest BCUT2D eigenvalue weighted by atomic mass is 15.2. The normalized spacial score (nSPS) is 25.6. The summed E-state index contributed by atoms with van der Waals surface area (Å²) in [7, 11) is 2.01. The molecule has 0 bridgehead atoms. The maximum absolute atomic E-state index is 4.61. The van der Waals surface area contributed by atoms with E-state index in [9.17, 15) is 0 Å². The molecule has 1 heterocycles. The largest absolute Gasteiger partial charge is 0.276 e. The molecule has 2 nitrogen and oxygen atoms in total. The van der Waals surface area contributed by atoms with Crippen molar-refractivity contribution in [1.82, 2.24) is 9.78 Å². The van der Waals surface area contributed by atoms with Gasteiger partial charge in [0, 0.05) is 19.2 Å². The SMILES string of the molecule is CC[C@H](c1ccn(C)n1)C(C)CC1CC1CC(C)C. The first-order valence-electron chi connectivity index (χ1n) is 8.00. The summed E-state index contributed by atoms with van der Waals surface area (Å²) in [6, 6.07) is 2.20. The van der Waals surface area contributed by atoms with Gasteiger partial charge in [-0.1, -0.05) is 27.7 Å². The lowest BCUT2D eigenvalue weighted by Gasteiger charge is -2.21. The molecule has 1 aromatic heterocycles. The highest BCUT2D eigenvalue weighted by molar-refractivity contribution is 5.08. The van der Waals surface area contributed by atoms with Gasteiger partial charge < -0.3 is 0 Å². The van der Waals surface area contributed by atoms with Crippen molar-refractivity contribution in [3.8, 4) is 0 Å². The molecule has 0 amide bonds. The summed E-state index contributed by atoms with van der Waals surface area (Å²) in [5.41, 5.74) is 1.29. The van der Waals surface area contributed by atoms with Gasteiger partial charge in [0.1, 0.15) is 0 Å². The second-order valence-corrected chi connectivity index (χ2v) is 7.03. The summed E-state index contributed by atoms with van der Waals surface area (Å²) in [6.07, 6.45) is 7.58. The maximum atomic E-state index is 4.61. The van der Waals surface area contributed by atoms with Crippen LogP contribution in [0.3, 0.4) is 0 Å². The van der Waals surface area contributed by atoms with Crippen molar-refractivity contribution in [2.45, 2.75) is 59.3 Å². The number of rotatable bonds is 7. The van der Waals surface area contributed by atoms with Crippen molar-refractivity contribution in [2.75, 3.05) is 0 Å². The number of hydrogen-bond donors (Lipinski definition) is 0. The van der Waals surface area contributed by atoms with E-state index in [0.717, 1.165) is 23.7 Å². The summed E-state index contributed by atoms with van der Waals surface area (Å²) in [4.78, 5) is 0. The van der Waals surface area contributed by atoms with E-state index in [-0.39, 0.29) is 0 Å². The molecule has 0 aromatic carbocycles. The van der Waals surface area contributed by atoms with Crippen molar-refractivity contribution in [3.05, 3.63) is 18.0 Å². The Balaban J connectivity index is 1.86. The molecule has 0 saturated heterocycles. The molecular weight excluding hydrogens is 232 g/mol. The minimum atomic E-state index is 0.640. The number of aryl methyl sites for hydroxylation is 1. The third-order valence-electron chi connectivity index (χ3n) is 4.76. The van der Waals surface area contributed by atoms with Crippen molar-refractivity contribution in [3.63, 3.8) is 0 Å². The van der Waals surface area contributed by atoms with Crippen LogP contribution in [0.25, 0.3) is 0 Å². The average Bonchev–Trinajstić information content (AvgIpc) is 2.87. The first kappa shape index (κ1) is 14.6. The Morgan fingerprint density at radius 1 is 1.26 bits per heavy atom. The van der Waals surface area contributed by atoms with Crippen molar-refractivity contribution in [1.29, 1.82) is 0 Å². The zero-order valence-electron chi connectivity index (χ0n) is 13.3. The van der Waals surface area contributed by atoms with Crippen LogP contribution in [0, 0.1) is 23.7 Å². The van der Waals surface area contributed by atoms with Gasteiger partial charge >= 0.3 is 0 Å². The number of hydrogen-bond acceptors (Lipinski definition) is 1. The van der Waals surface area contributed by atoms with Crippen molar-refractivity contribution in [2.24, 2.45) is 30.7 Å². The van der Waals surface area contributed by atoms with Crippen LogP contribution in [0.5, 0.6) is 0 Å². The summed E-state index contributed by atoms with van der Waals surface area (Å²) in [5.74, 6) is 4.28. The summed E-state index contributed by atoms with van der Waals surface area (Å²) < 4.78 is 1.93. The molecule has 108 valence electrons. The molecule has 1 saturated carbocycles. The van der Waals surface area contributed by atoms with E-state index in [1.54, 1.807) is 0 Å². The van der Waals surface area contributed by atoms with E-state index in [4.69, 9.17) is 0 Å². The molecule has 3 unspecified atom stereocenters. The molecule has 1 fully saturated rings. The second-order valence-electron chi connectivity index (χ2n) is 7.03. The summed E-state index contributed by atoms with van der Waals surface area (Å²) in [5, 5.41) is 4.61. The average molecular weight is 262 g/mol. The van der Waals surface area contributed by atoms with Gasteiger partial charge in [-0.3, -0.25) is 4.68 Å². The topological polar surface area (TPSA) is 17.8 Å². The van der Waals surface area contributed by atoms with E-state index in [1.807, 2.05) is 11.7 Å². The van der Waals surface area contributed by atoms with Gasteiger partial charge in [0.05, 0.1) is 5.69 Å². The molecular formula is C17H30N2. The van der Waals surface area contributed by atoms with E-state index >= 15 is 0 Å². The summed E-state index contributed by atoms with van der Waals surface area (Å²) >= 11 is 0. The van der Waals surface area contributed by atoms with Crippen LogP contribution in [0.15, 0.2) is 12.3 Å². The van der Waals surface area contributed by atoms with Crippen molar-refractivity contribution < 1.29 is 0 Å². The van der Waals surface area contributed by atoms with Crippen LogP contribution in [-0.2, 0) is 7.05 Å². The summed E-state index contributed by atoms with van der Waals surface area (Å²) in [6.45, 7) is 9.42. The zero-order chi connectivity index (χ0) is 14.0. The monoisotopic (exact) mass is 262 g/mol. The van der Waals surface area contributed by atoms with Crippen molar-refractivity contribution >= 4 is 0 Å². The molecule has 1 aliphatic carbocycles. The van der Waals surface area contributed by atoms with Gasteiger partial charge in [-0.05, 0) is 55.4 Å². The maximum Gasteiger partial charge on any atom is 0.0657 e. The predicted octanol–water partition coefficient (Wildman–Crippen LogP) is 4.62. The predicted molar refractivity (Wildman–Crippen MR) is 81.1 cm³/mol. The van der Waals surface area contributed by atoms with Gasteiger partial charge in [0.2, 0.25) is 0 Å². The van der Waals surface area contributed by atoms with Crippen LogP contribution in [0.1, 0.15) is 65.0 Å². The Hall–Kier alpha value is -0.790. The van der Waals surface area contributed by atoms with Crippen LogP contribution in [0.2, 0.25) is 0 Å². The Kier molecular flexibility index (Phi) is 4.70. The minimum absolute atomic E-state index is 0.640. The molecule has 0 aliphatic heterocycles. The third kappa shape index (κ3) is 3.84. The quantitative estimate of drug-likeness (QED) is 0.701. The Morgan fingerprint density at radius 3 is 2.47 bits per heavy atom. The van der Waals surface area contributed by atoms with Gasteiger partial charge in [-0.25, -0.2) is 0 Å². The lowest BCUT2D eigenvalue weighted by molar-refractivity contribution is 0.372. The second kappa shape index (κ2) is 6.11. The van der Waals surface area contributed by atoms with Crippen LogP contribution in [0.4, 0.5) is 0 Å². The van der Waals surface area contributed by atoms with Crippen LogP contribution < -0.4 is 0 Å². The zero-order valence-corrected chi connectivity index (χ0v) is 13.3. The molecule has 0 spiro atoms. The number of nitrogens with zero attached hydrogens (tertiary/aromatic N) is 2. The molecule has 2 heteroatoms. The first-order chi connectivity index (χ1) is 9.01. The molecule has 1 aromatic rings. The Labute approximate surface area is 118 Å². The van der Waals surface area contributed by atoms with E-state index in [2.05, 4.69) is 45.1 Å². The van der Waals surface area contributed by atoms with Gasteiger partial charge in [-0.15, -0.1) is 0 Å². The smallest absolute Gasteiger partial charge is 0.0657 e. The fourth-order valence-corrected chi connectivity index (χ4v) is 3.67. The van der Waals surface area contributed by atoms with E-state index in [1.165, 1.54) is 31.4 Å². The fraction of sp³-hybridized carbons (Fsp3) is 0.824. The van der Waals surface area contributed by atoms with Crippen LogP contribution in [-0.4, -0.2) is 9.78 Å². The molecule has 19 heavy (non-hydrogen) atoms. The lowest BCUT2D eigenvalue weighted by Crippen LogP contribution is -2.11. The number of aromatic nitrogens is 2.